The molecule has 180 valence electrons. The largest absolute Gasteiger partial charge is 0.472 e. The fourth-order valence-corrected chi connectivity index (χ4v) is 9.16. The van der Waals surface area contributed by atoms with Gasteiger partial charge in [-0.2, -0.15) is 0 Å². The Morgan fingerprint density at radius 3 is 2.39 bits per heavy atom. The molecule has 33 heavy (non-hydrogen) atoms. The standard InChI is InChI=1S/C26H34O7/c1-21(2)16-12-17(27)24(5)15(23(16,4)25(6,29-7)33-21)8-10-22(3)18(14-9-11-30-13-14)31-20(28)19-26(22,24)32-19/h9,11,13,15-16,18-19H,8,10,12H2,1-7H3/t15-,16?,18+,19-,22+,23-,24+,25+,26-/m1/s1. The summed E-state index contributed by atoms with van der Waals surface area (Å²) in [5.41, 5.74) is -2.50. The van der Waals surface area contributed by atoms with E-state index in [9.17, 15) is 9.59 Å². The summed E-state index contributed by atoms with van der Waals surface area (Å²) >= 11 is 0. The van der Waals surface area contributed by atoms with Crippen molar-refractivity contribution in [2.24, 2.45) is 28.1 Å². The number of carbonyl (C=O) groups is 2. The van der Waals surface area contributed by atoms with E-state index in [2.05, 4.69) is 27.7 Å². The number of furan rings is 1. The molecule has 9 atom stereocenters. The summed E-state index contributed by atoms with van der Waals surface area (Å²) < 4.78 is 30.3. The number of methoxy groups -OCH3 is 1. The molecule has 7 heteroatoms. The van der Waals surface area contributed by atoms with Gasteiger partial charge in [-0.25, -0.2) is 4.79 Å². The van der Waals surface area contributed by atoms with E-state index in [1.807, 2.05) is 19.9 Å². The summed E-state index contributed by atoms with van der Waals surface area (Å²) in [6, 6.07) is 1.84. The zero-order valence-electron chi connectivity index (χ0n) is 20.5. The van der Waals surface area contributed by atoms with Crippen molar-refractivity contribution >= 4 is 11.8 Å². The first-order valence-corrected chi connectivity index (χ1v) is 12.0. The number of carbonyl (C=O) groups excluding carboxylic acids is 2. The summed E-state index contributed by atoms with van der Waals surface area (Å²) in [6.07, 6.45) is 3.87. The van der Waals surface area contributed by atoms with Crippen molar-refractivity contribution < 1.29 is 33.0 Å². The van der Waals surface area contributed by atoms with Crippen molar-refractivity contribution in [1.29, 1.82) is 0 Å². The minimum absolute atomic E-state index is 0.00121. The van der Waals surface area contributed by atoms with Crippen LogP contribution in [0.4, 0.5) is 0 Å². The van der Waals surface area contributed by atoms with Gasteiger partial charge in [0, 0.05) is 35.8 Å². The van der Waals surface area contributed by atoms with Crippen LogP contribution >= 0.6 is 0 Å². The predicted octanol–water partition coefficient (Wildman–Crippen LogP) is 4.20. The molecule has 7 nitrogen and oxygen atoms in total. The van der Waals surface area contributed by atoms with Crippen molar-refractivity contribution in [2.45, 2.75) is 90.0 Å². The molecule has 1 aromatic heterocycles. The Morgan fingerprint density at radius 2 is 1.76 bits per heavy atom. The molecule has 0 radical (unpaired) electrons. The predicted molar refractivity (Wildman–Crippen MR) is 116 cm³/mol. The Kier molecular flexibility index (Phi) is 3.91. The molecule has 1 aromatic rings. The highest BCUT2D eigenvalue weighted by atomic mass is 16.7. The lowest BCUT2D eigenvalue weighted by Crippen LogP contribution is -2.72. The highest BCUT2D eigenvalue weighted by molar-refractivity contribution is 5.93. The molecule has 3 saturated heterocycles. The molecule has 0 aromatic carbocycles. The van der Waals surface area contributed by atoms with Crippen LogP contribution in [-0.2, 0) is 28.5 Å². The van der Waals surface area contributed by atoms with Gasteiger partial charge in [-0.05, 0) is 52.5 Å². The van der Waals surface area contributed by atoms with Gasteiger partial charge in [0.15, 0.2) is 11.9 Å². The van der Waals surface area contributed by atoms with Crippen molar-refractivity contribution in [3.63, 3.8) is 0 Å². The minimum atomic E-state index is -0.924. The van der Waals surface area contributed by atoms with Crippen LogP contribution in [0.5, 0.6) is 0 Å². The third-order valence-electron chi connectivity index (χ3n) is 10.8. The Hall–Kier alpha value is -1.70. The first-order chi connectivity index (χ1) is 15.3. The van der Waals surface area contributed by atoms with E-state index in [4.69, 9.17) is 23.4 Å². The van der Waals surface area contributed by atoms with Gasteiger partial charge in [0.2, 0.25) is 0 Å². The van der Waals surface area contributed by atoms with Gasteiger partial charge in [-0.1, -0.05) is 13.8 Å². The van der Waals surface area contributed by atoms with E-state index in [1.165, 1.54) is 0 Å². The topological polar surface area (TPSA) is 87.5 Å². The Bertz CT molecular complexity index is 1050. The fraction of sp³-hybridized carbons (Fsp3) is 0.769. The maximum absolute atomic E-state index is 14.2. The second-order valence-corrected chi connectivity index (χ2v) is 12.1. The smallest absolute Gasteiger partial charge is 0.339 e. The number of hydrogen-bond donors (Lipinski definition) is 0. The number of ketones is 1. The second-order valence-electron chi connectivity index (χ2n) is 12.1. The third-order valence-corrected chi connectivity index (χ3v) is 10.8. The van der Waals surface area contributed by atoms with E-state index < -0.39 is 51.4 Å². The SMILES string of the molecule is CO[C@@]1(C)OC(C)(C)C2CC(=O)[C@]3(C)[C@H](CC[C@@]4(C)[C@H](c5ccoc5)OC(=O)[C@H]5O[C@]543)[C@]21C. The lowest BCUT2D eigenvalue weighted by Gasteiger charge is -2.65. The number of rotatable bonds is 2. The Balaban J connectivity index is 1.54. The summed E-state index contributed by atoms with van der Waals surface area (Å²) in [7, 11) is 1.69. The van der Waals surface area contributed by atoms with Crippen LogP contribution in [0.1, 0.15) is 72.5 Å². The number of Topliss-reactive ketones (excluding diaryl/α,β-unsaturated/α-hetero) is 1. The zero-order valence-corrected chi connectivity index (χ0v) is 20.5. The fourth-order valence-electron chi connectivity index (χ4n) is 9.16. The van der Waals surface area contributed by atoms with Crippen LogP contribution < -0.4 is 0 Å². The van der Waals surface area contributed by atoms with Crippen LogP contribution in [-0.4, -0.2) is 42.0 Å². The normalized spacial score (nSPS) is 54.0. The Morgan fingerprint density at radius 1 is 1.03 bits per heavy atom. The molecule has 0 bridgehead atoms. The van der Waals surface area contributed by atoms with E-state index in [0.717, 1.165) is 18.4 Å². The maximum Gasteiger partial charge on any atom is 0.339 e. The molecule has 2 saturated carbocycles. The molecule has 4 heterocycles. The van der Waals surface area contributed by atoms with E-state index >= 15 is 0 Å². The summed E-state index contributed by atoms with van der Waals surface area (Å²) in [4.78, 5) is 27.3. The quantitative estimate of drug-likeness (QED) is 0.485. The molecule has 1 unspecified atom stereocenters. The van der Waals surface area contributed by atoms with Gasteiger partial charge in [-0.3, -0.25) is 4.79 Å². The van der Waals surface area contributed by atoms with Gasteiger partial charge in [-0.15, -0.1) is 0 Å². The number of cyclic esters (lactones) is 1. The number of hydrogen-bond acceptors (Lipinski definition) is 7. The van der Waals surface area contributed by atoms with Crippen LogP contribution in [0.3, 0.4) is 0 Å². The summed E-state index contributed by atoms with van der Waals surface area (Å²) in [6.45, 7) is 12.5. The van der Waals surface area contributed by atoms with Gasteiger partial charge in [0.05, 0.1) is 23.5 Å². The minimum Gasteiger partial charge on any atom is -0.472 e. The molecule has 0 amide bonds. The van der Waals surface area contributed by atoms with Crippen molar-refractivity contribution in [1.82, 2.24) is 0 Å². The summed E-state index contributed by atoms with van der Waals surface area (Å²) in [5, 5.41) is 0. The van der Waals surface area contributed by atoms with E-state index in [1.54, 1.807) is 19.6 Å². The maximum atomic E-state index is 14.2. The van der Waals surface area contributed by atoms with E-state index in [-0.39, 0.29) is 17.6 Å². The van der Waals surface area contributed by atoms with E-state index in [0.29, 0.717) is 6.42 Å². The third kappa shape index (κ3) is 2.07. The van der Waals surface area contributed by atoms with Gasteiger partial charge >= 0.3 is 5.97 Å². The number of esters is 1. The number of epoxide rings is 1. The van der Waals surface area contributed by atoms with Crippen LogP contribution in [0.15, 0.2) is 23.0 Å². The van der Waals surface area contributed by atoms with Gasteiger partial charge in [0.25, 0.3) is 0 Å². The highest BCUT2D eigenvalue weighted by Crippen LogP contribution is 2.80. The second kappa shape index (κ2) is 5.92. The first kappa shape index (κ1) is 21.8. The molecule has 3 aliphatic heterocycles. The first-order valence-electron chi connectivity index (χ1n) is 12.0. The van der Waals surface area contributed by atoms with Crippen molar-refractivity contribution in [3.05, 3.63) is 24.2 Å². The highest BCUT2D eigenvalue weighted by Gasteiger charge is 2.89. The molecule has 0 N–H and O–H groups in total. The molecule has 1 spiro atoms. The molecule has 6 rings (SSSR count). The van der Waals surface area contributed by atoms with Crippen molar-refractivity contribution in [3.8, 4) is 0 Å². The number of fused-ring (bicyclic) bond motifs is 3. The zero-order chi connectivity index (χ0) is 23.8. The molecule has 2 aliphatic carbocycles. The Labute approximate surface area is 194 Å². The van der Waals surface area contributed by atoms with Gasteiger partial charge < -0.3 is 23.4 Å². The van der Waals surface area contributed by atoms with Crippen LogP contribution in [0.2, 0.25) is 0 Å². The van der Waals surface area contributed by atoms with Crippen molar-refractivity contribution in [2.75, 3.05) is 7.11 Å². The number of ether oxygens (including phenoxy) is 4. The lowest BCUT2D eigenvalue weighted by atomic mass is 9.37. The summed E-state index contributed by atoms with van der Waals surface area (Å²) in [5.74, 6) is -1.17. The molecular formula is C26H34O7. The molecule has 5 fully saturated rings. The average molecular weight is 459 g/mol. The molecule has 5 aliphatic rings. The molecular weight excluding hydrogens is 424 g/mol. The van der Waals surface area contributed by atoms with Crippen LogP contribution in [0.25, 0.3) is 0 Å². The van der Waals surface area contributed by atoms with Crippen LogP contribution in [0, 0.1) is 28.1 Å². The average Bonchev–Trinajstić information content (AvgIpc) is 3.27. The monoisotopic (exact) mass is 458 g/mol. The lowest BCUT2D eigenvalue weighted by molar-refractivity contribution is -0.285. The van der Waals surface area contributed by atoms with Gasteiger partial charge in [0.1, 0.15) is 17.5 Å².